The molecule has 0 saturated carbocycles. The van der Waals surface area contributed by atoms with E-state index in [-0.39, 0.29) is 4.90 Å². The zero-order valence-electron chi connectivity index (χ0n) is 16.3. The van der Waals surface area contributed by atoms with E-state index in [1.165, 1.54) is 18.3 Å². The number of benzene rings is 3. The van der Waals surface area contributed by atoms with Crippen LogP contribution in [0.3, 0.4) is 0 Å². The second-order valence-corrected chi connectivity index (χ2v) is 8.97. The number of carbonyl (C=O) groups excluding carboxylic acids is 1. The summed E-state index contributed by atoms with van der Waals surface area (Å²) in [7, 11) is -3.92. The van der Waals surface area contributed by atoms with E-state index in [4.69, 9.17) is 0 Å². The van der Waals surface area contributed by atoms with E-state index in [1.54, 1.807) is 60.3 Å². The first kappa shape index (κ1) is 21.6. The average Bonchev–Trinajstić information content (AvgIpc) is 2.79. The number of thioether (sulfide) groups is 1. The van der Waals surface area contributed by atoms with E-state index in [1.807, 2.05) is 30.5 Å². The molecule has 6 nitrogen and oxygen atoms in total. The van der Waals surface area contributed by atoms with Crippen molar-refractivity contribution in [2.75, 3.05) is 17.1 Å². The first-order chi connectivity index (χ1) is 14.5. The van der Waals surface area contributed by atoms with Gasteiger partial charge in [-0.25, -0.2) is 13.8 Å². The van der Waals surface area contributed by atoms with E-state index in [2.05, 4.69) is 10.5 Å². The maximum absolute atomic E-state index is 13.1. The Morgan fingerprint density at radius 2 is 1.57 bits per heavy atom. The molecule has 0 fully saturated rings. The second-order valence-electron chi connectivity index (χ2n) is 6.23. The number of amides is 1. The number of hydrogen-bond acceptors (Lipinski definition) is 5. The third-order valence-electron chi connectivity index (χ3n) is 4.18. The van der Waals surface area contributed by atoms with E-state index in [9.17, 15) is 13.2 Å². The van der Waals surface area contributed by atoms with Gasteiger partial charge >= 0.3 is 0 Å². The van der Waals surface area contributed by atoms with Gasteiger partial charge in [0.15, 0.2) is 0 Å². The lowest BCUT2D eigenvalue weighted by atomic mass is 10.2. The summed E-state index contributed by atoms with van der Waals surface area (Å²) < 4.78 is 27.3. The van der Waals surface area contributed by atoms with Crippen LogP contribution < -0.4 is 9.73 Å². The Balaban J connectivity index is 1.76. The molecule has 0 unspecified atom stereocenters. The molecule has 0 radical (unpaired) electrons. The normalized spacial score (nSPS) is 11.4. The van der Waals surface area contributed by atoms with Crippen molar-refractivity contribution in [1.29, 1.82) is 0 Å². The molecule has 0 heterocycles. The Morgan fingerprint density at radius 1 is 0.967 bits per heavy atom. The number of sulfonamides is 1. The highest BCUT2D eigenvalue weighted by Crippen LogP contribution is 2.23. The van der Waals surface area contributed by atoms with Crippen molar-refractivity contribution >= 4 is 39.6 Å². The Kier molecular flexibility index (Phi) is 7.26. The standard InChI is InChI=1S/C22H21N3O3S2/c1-29-20-14-12-18(13-15-20)16-23-24-22(26)17-25(19-8-4-2-5-9-19)30(27,28)21-10-6-3-7-11-21/h2-16H,17H2,1H3,(H,24,26)/b23-16+. The molecular formula is C22H21N3O3S2. The fourth-order valence-corrected chi connectivity index (χ4v) is 4.51. The highest BCUT2D eigenvalue weighted by Gasteiger charge is 2.26. The highest BCUT2D eigenvalue weighted by molar-refractivity contribution is 7.98. The molecule has 1 N–H and O–H groups in total. The molecular weight excluding hydrogens is 418 g/mol. The predicted molar refractivity (Wildman–Crippen MR) is 121 cm³/mol. The van der Waals surface area contributed by atoms with Crippen molar-refractivity contribution < 1.29 is 13.2 Å². The van der Waals surface area contributed by atoms with Crippen LogP contribution >= 0.6 is 11.8 Å². The van der Waals surface area contributed by atoms with Crippen LogP contribution in [0.1, 0.15) is 5.56 Å². The van der Waals surface area contributed by atoms with Crippen molar-refractivity contribution in [1.82, 2.24) is 5.43 Å². The third kappa shape index (κ3) is 5.49. The second kappa shape index (κ2) is 10.1. The summed E-state index contributed by atoms with van der Waals surface area (Å²) in [4.78, 5) is 13.7. The average molecular weight is 440 g/mol. The number of hydrazone groups is 1. The van der Waals surface area contributed by atoms with Gasteiger partial charge in [0.1, 0.15) is 6.54 Å². The zero-order valence-corrected chi connectivity index (χ0v) is 17.9. The molecule has 30 heavy (non-hydrogen) atoms. The molecule has 0 atom stereocenters. The molecule has 0 bridgehead atoms. The van der Waals surface area contributed by atoms with Gasteiger partial charge in [-0.3, -0.25) is 9.10 Å². The lowest BCUT2D eigenvalue weighted by Gasteiger charge is -2.23. The number of carbonyl (C=O) groups is 1. The lowest BCUT2D eigenvalue weighted by molar-refractivity contribution is -0.119. The van der Waals surface area contributed by atoms with Gasteiger partial charge in [-0.15, -0.1) is 11.8 Å². The minimum Gasteiger partial charge on any atom is -0.271 e. The number of hydrogen-bond donors (Lipinski definition) is 1. The van der Waals surface area contributed by atoms with Crippen molar-refractivity contribution in [3.05, 3.63) is 90.5 Å². The fraction of sp³-hybridized carbons (Fsp3) is 0.0909. The van der Waals surface area contributed by atoms with E-state index < -0.39 is 22.5 Å². The Morgan fingerprint density at radius 3 is 2.17 bits per heavy atom. The van der Waals surface area contributed by atoms with E-state index in [0.29, 0.717) is 5.69 Å². The maximum Gasteiger partial charge on any atom is 0.264 e. The topological polar surface area (TPSA) is 78.8 Å². The van der Waals surface area contributed by atoms with Gasteiger partial charge in [-0.1, -0.05) is 48.5 Å². The molecule has 0 saturated heterocycles. The van der Waals surface area contributed by atoms with Crippen LogP contribution in [-0.4, -0.2) is 33.3 Å². The van der Waals surface area contributed by atoms with Crippen molar-refractivity contribution in [3.8, 4) is 0 Å². The van der Waals surface area contributed by atoms with Crippen molar-refractivity contribution in [2.45, 2.75) is 9.79 Å². The van der Waals surface area contributed by atoms with Crippen LogP contribution in [0.15, 0.2) is 99.8 Å². The summed E-state index contributed by atoms with van der Waals surface area (Å²) in [6, 6.07) is 24.2. The third-order valence-corrected chi connectivity index (χ3v) is 6.71. The van der Waals surface area contributed by atoms with E-state index >= 15 is 0 Å². The van der Waals surface area contributed by atoms with E-state index in [0.717, 1.165) is 14.8 Å². The first-order valence-corrected chi connectivity index (χ1v) is 11.8. The van der Waals surface area contributed by atoms with Crippen LogP contribution in [0.2, 0.25) is 0 Å². The molecule has 0 aliphatic carbocycles. The molecule has 8 heteroatoms. The van der Waals surface area contributed by atoms with Crippen molar-refractivity contribution in [3.63, 3.8) is 0 Å². The van der Waals surface area contributed by atoms with Crippen LogP contribution in [0.4, 0.5) is 5.69 Å². The monoisotopic (exact) mass is 439 g/mol. The minimum atomic E-state index is -3.92. The fourth-order valence-electron chi connectivity index (χ4n) is 2.66. The van der Waals surface area contributed by atoms with Gasteiger partial charge in [0.2, 0.25) is 0 Å². The molecule has 0 aliphatic heterocycles. The Bertz CT molecular complexity index is 1100. The molecule has 1 amide bonds. The summed E-state index contributed by atoms with van der Waals surface area (Å²) in [6.07, 6.45) is 3.51. The summed E-state index contributed by atoms with van der Waals surface area (Å²) in [5, 5.41) is 3.95. The summed E-state index contributed by atoms with van der Waals surface area (Å²) in [5.41, 5.74) is 3.62. The summed E-state index contributed by atoms with van der Waals surface area (Å²) in [5.74, 6) is -0.546. The lowest BCUT2D eigenvalue weighted by Crippen LogP contribution is -2.39. The van der Waals surface area contributed by atoms with Crippen LogP contribution in [-0.2, 0) is 14.8 Å². The van der Waals surface area contributed by atoms with Gasteiger partial charge < -0.3 is 0 Å². The Hall–Kier alpha value is -3.10. The van der Waals surface area contributed by atoms with Crippen LogP contribution in [0, 0.1) is 0 Å². The predicted octanol–water partition coefficient (Wildman–Crippen LogP) is 3.75. The number of anilines is 1. The zero-order chi connectivity index (χ0) is 21.4. The van der Waals surface area contributed by atoms with Gasteiger partial charge in [0, 0.05) is 4.90 Å². The first-order valence-electron chi connectivity index (χ1n) is 9.09. The SMILES string of the molecule is CSc1ccc(/C=N/NC(=O)CN(c2ccccc2)S(=O)(=O)c2ccccc2)cc1. The number of para-hydroxylation sites is 1. The number of nitrogens with zero attached hydrogens (tertiary/aromatic N) is 2. The summed E-state index contributed by atoms with van der Waals surface area (Å²) >= 11 is 1.63. The molecule has 3 aromatic rings. The van der Waals surface area contributed by atoms with Crippen LogP contribution in [0.5, 0.6) is 0 Å². The molecule has 154 valence electrons. The van der Waals surface area contributed by atoms with Crippen LogP contribution in [0.25, 0.3) is 0 Å². The highest BCUT2D eigenvalue weighted by atomic mass is 32.2. The van der Waals surface area contributed by atoms with Gasteiger partial charge in [-0.05, 0) is 48.2 Å². The quantitative estimate of drug-likeness (QED) is 0.329. The summed E-state index contributed by atoms with van der Waals surface area (Å²) in [6.45, 7) is -0.399. The number of rotatable bonds is 8. The molecule has 0 spiro atoms. The van der Waals surface area contributed by atoms with Gasteiger partial charge in [-0.2, -0.15) is 5.10 Å². The minimum absolute atomic E-state index is 0.110. The Labute approximate surface area is 180 Å². The number of nitrogens with one attached hydrogen (secondary N) is 1. The van der Waals surface area contributed by atoms with Gasteiger partial charge in [0.25, 0.3) is 15.9 Å². The molecule has 3 aromatic carbocycles. The molecule has 3 rings (SSSR count). The maximum atomic E-state index is 13.1. The smallest absolute Gasteiger partial charge is 0.264 e. The van der Waals surface area contributed by atoms with Crippen molar-refractivity contribution in [2.24, 2.45) is 5.10 Å². The van der Waals surface area contributed by atoms with Gasteiger partial charge in [0.05, 0.1) is 16.8 Å². The molecule has 0 aliphatic rings. The molecule has 0 aromatic heterocycles. The largest absolute Gasteiger partial charge is 0.271 e.